The fourth-order valence-corrected chi connectivity index (χ4v) is 2.38. The lowest BCUT2D eigenvalue weighted by Crippen LogP contribution is -2.51. The van der Waals surface area contributed by atoms with Gasteiger partial charge in [-0.1, -0.05) is 20.8 Å². The molecule has 5 heteroatoms. The van der Waals surface area contributed by atoms with Crippen molar-refractivity contribution in [3.63, 3.8) is 0 Å². The zero-order chi connectivity index (χ0) is 14.4. The van der Waals surface area contributed by atoms with Gasteiger partial charge in [-0.2, -0.15) is 0 Å². The number of likely N-dealkylation sites (tertiary alicyclic amines) is 1. The van der Waals surface area contributed by atoms with Gasteiger partial charge in [0.1, 0.15) is 6.04 Å². The molecule has 1 N–H and O–H groups in total. The fourth-order valence-electron chi connectivity index (χ4n) is 2.38. The van der Waals surface area contributed by atoms with Gasteiger partial charge in [0.2, 0.25) is 5.91 Å². The summed E-state index contributed by atoms with van der Waals surface area (Å²) in [6.45, 7) is 7.65. The van der Waals surface area contributed by atoms with Crippen molar-refractivity contribution in [1.82, 2.24) is 10.2 Å². The summed E-state index contributed by atoms with van der Waals surface area (Å²) in [7, 11) is 1.31. The molecule has 0 bridgehead atoms. The van der Waals surface area contributed by atoms with E-state index in [9.17, 15) is 9.59 Å². The van der Waals surface area contributed by atoms with Crippen molar-refractivity contribution < 1.29 is 14.3 Å². The predicted molar refractivity (Wildman–Crippen MR) is 73.8 cm³/mol. The Hall–Kier alpha value is -1.26. The molecule has 1 aliphatic rings. The van der Waals surface area contributed by atoms with Gasteiger partial charge in [0, 0.05) is 13.1 Å². The predicted octanol–water partition coefficient (Wildman–Crippen LogP) is 2.02. The Morgan fingerprint density at radius 1 is 1.26 bits per heavy atom. The van der Waals surface area contributed by atoms with E-state index >= 15 is 0 Å². The summed E-state index contributed by atoms with van der Waals surface area (Å²) in [6.07, 6.45) is 2.70. The highest BCUT2D eigenvalue weighted by Gasteiger charge is 2.29. The topological polar surface area (TPSA) is 58.6 Å². The van der Waals surface area contributed by atoms with E-state index in [4.69, 9.17) is 0 Å². The Morgan fingerprint density at radius 2 is 1.95 bits per heavy atom. The van der Waals surface area contributed by atoms with E-state index < -0.39 is 12.1 Å². The van der Waals surface area contributed by atoms with E-state index in [1.807, 2.05) is 18.7 Å². The van der Waals surface area contributed by atoms with E-state index in [2.05, 4.69) is 17.0 Å². The van der Waals surface area contributed by atoms with Crippen LogP contribution >= 0.6 is 0 Å². The molecule has 0 spiro atoms. The molecule has 0 aromatic carbocycles. The molecule has 0 aliphatic carbocycles. The van der Waals surface area contributed by atoms with Crippen LogP contribution in [0.3, 0.4) is 0 Å². The molecule has 0 radical (unpaired) electrons. The number of alkyl carbamates (subject to hydrolysis) is 1. The second kappa shape index (κ2) is 7.36. The van der Waals surface area contributed by atoms with Crippen molar-refractivity contribution in [2.45, 2.75) is 46.1 Å². The highest BCUT2D eigenvalue weighted by molar-refractivity contribution is 5.86. The van der Waals surface area contributed by atoms with E-state index in [1.54, 1.807) is 0 Å². The van der Waals surface area contributed by atoms with Crippen LogP contribution in [0.25, 0.3) is 0 Å². The monoisotopic (exact) mass is 270 g/mol. The Bertz CT molecular complexity index is 318. The molecule has 2 amide bonds. The molecule has 0 aromatic rings. The first kappa shape index (κ1) is 15.8. The van der Waals surface area contributed by atoms with E-state index in [0.29, 0.717) is 5.92 Å². The summed E-state index contributed by atoms with van der Waals surface area (Å²) in [5.74, 6) is 0.727. The maximum absolute atomic E-state index is 12.5. The number of hydrogen-bond acceptors (Lipinski definition) is 3. The quantitative estimate of drug-likeness (QED) is 0.853. The average Bonchev–Trinajstić information content (AvgIpc) is 2.59. The third-order valence-corrected chi connectivity index (χ3v) is 3.72. The van der Waals surface area contributed by atoms with E-state index in [0.717, 1.165) is 25.9 Å². The highest BCUT2D eigenvalue weighted by atomic mass is 16.5. The number of carbonyl (C=O) groups excluding carboxylic acids is 2. The van der Waals surface area contributed by atoms with E-state index in [1.165, 1.54) is 13.5 Å². The number of ether oxygens (including phenoxy) is 1. The van der Waals surface area contributed by atoms with E-state index in [-0.39, 0.29) is 11.8 Å². The Kier molecular flexibility index (Phi) is 6.12. The van der Waals surface area contributed by atoms with Gasteiger partial charge in [0.05, 0.1) is 7.11 Å². The summed E-state index contributed by atoms with van der Waals surface area (Å²) >= 11 is 0. The van der Waals surface area contributed by atoms with Crippen molar-refractivity contribution in [3.8, 4) is 0 Å². The molecule has 1 heterocycles. The molecule has 0 saturated carbocycles. The molecule has 2 atom stereocenters. The summed E-state index contributed by atoms with van der Waals surface area (Å²) in [5, 5.41) is 2.64. The number of carbonyl (C=O) groups is 2. The molecule has 0 aromatic heterocycles. The van der Waals surface area contributed by atoms with Crippen molar-refractivity contribution in [2.24, 2.45) is 11.8 Å². The maximum Gasteiger partial charge on any atom is 0.407 e. The van der Waals surface area contributed by atoms with Crippen LogP contribution in [-0.2, 0) is 9.53 Å². The first-order valence-corrected chi connectivity index (χ1v) is 7.09. The van der Waals surface area contributed by atoms with Gasteiger partial charge >= 0.3 is 6.09 Å². The Balaban J connectivity index is 2.67. The average molecular weight is 270 g/mol. The highest BCUT2D eigenvalue weighted by Crippen LogP contribution is 2.18. The van der Waals surface area contributed by atoms with Crippen LogP contribution in [0.1, 0.15) is 40.0 Å². The Morgan fingerprint density at radius 3 is 2.53 bits per heavy atom. The molecule has 1 saturated heterocycles. The fraction of sp³-hybridized carbons (Fsp3) is 0.857. The number of nitrogens with zero attached hydrogens (tertiary/aromatic N) is 1. The minimum atomic E-state index is -0.546. The number of rotatable bonds is 3. The summed E-state index contributed by atoms with van der Waals surface area (Å²) in [5.41, 5.74) is 0. The first-order chi connectivity index (χ1) is 8.95. The third kappa shape index (κ3) is 4.73. The van der Waals surface area contributed by atoms with Gasteiger partial charge in [-0.3, -0.25) is 4.79 Å². The largest absolute Gasteiger partial charge is 0.453 e. The molecule has 1 aliphatic heterocycles. The van der Waals surface area contributed by atoms with Crippen LogP contribution in [-0.4, -0.2) is 43.1 Å². The number of nitrogens with one attached hydrogen (secondary N) is 1. The van der Waals surface area contributed by atoms with Gasteiger partial charge in [-0.05, 0) is 31.1 Å². The minimum absolute atomic E-state index is 0.00880. The lowest BCUT2D eigenvalue weighted by Gasteiger charge is -2.28. The van der Waals surface area contributed by atoms with Gasteiger partial charge in [0.25, 0.3) is 0 Å². The van der Waals surface area contributed by atoms with Gasteiger partial charge in [-0.25, -0.2) is 4.79 Å². The lowest BCUT2D eigenvalue weighted by atomic mass is 10.0. The van der Waals surface area contributed by atoms with Crippen LogP contribution in [0.5, 0.6) is 0 Å². The molecule has 1 rings (SSSR count). The maximum atomic E-state index is 12.5. The zero-order valence-electron chi connectivity index (χ0n) is 12.4. The summed E-state index contributed by atoms with van der Waals surface area (Å²) < 4.78 is 4.59. The normalized spacial score (nSPS) is 21.7. The van der Waals surface area contributed by atoms with Crippen LogP contribution in [0.4, 0.5) is 4.79 Å². The summed E-state index contributed by atoms with van der Waals surface area (Å²) in [4.78, 5) is 25.7. The van der Waals surface area contributed by atoms with Crippen molar-refractivity contribution in [3.05, 3.63) is 0 Å². The molecular formula is C14H26N2O3. The SMILES string of the molecule is COC(=O)NC(C(=O)N1CCCC(C)CC1)C(C)C. The van der Waals surface area contributed by atoms with Crippen LogP contribution < -0.4 is 5.32 Å². The number of hydrogen-bond donors (Lipinski definition) is 1. The molecule has 19 heavy (non-hydrogen) atoms. The summed E-state index contributed by atoms with van der Waals surface area (Å²) in [6, 6.07) is -0.499. The lowest BCUT2D eigenvalue weighted by molar-refractivity contribution is -0.134. The molecule has 1 fully saturated rings. The minimum Gasteiger partial charge on any atom is -0.453 e. The van der Waals surface area contributed by atoms with Gasteiger partial charge in [-0.15, -0.1) is 0 Å². The zero-order valence-corrected chi connectivity index (χ0v) is 12.4. The van der Waals surface area contributed by atoms with Crippen molar-refractivity contribution in [1.29, 1.82) is 0 Å². The standard InChI is InChI=1S/C14H26N2O3/c1-10(2)12(15-14(18)19-4)13(17)16-8-5-6-11(3)7-9-16/h10-12H,5-9H2,1-4H3,(H,15,18). The van der Waals surface area contributed by atoms with Crippen molar-refractivity contribution in [2.75, 3.05) is 20.2 Å². The number of amides is 2. The van der Waals surface area contributed by atoms with Crippen LogP contribution in [0, 0.1) is 11.8 Å². The molecule has 5 nitrogen and oxygen atoms in total. The first-order valence-electron chi connectivity index (χ1n) is 7.09. The van der Waals surface area contributed by atoms with Crippen LogP contribution in [0.15, 0.2) is 0 Å². The second-order valence-corrected chi connectivity index (χ2v) is 5.72. The van der Waals surface area contributed by atoms with Gasteiger partial charge in [0.15, 0.2) is 0 Å². The second-order valence-electron chi connectivity index (χ2n) is 5.72. The molecule has 2 unspecified atom stereocenters. The molecule has 110 valence electrons. The third-order valence-electron chi connectivity index (χ3n) is 3.72. The van der Waals surface area contributed by atoms with Crippen molar-refractivity contribution >= 4 is 12.0 Å². The smallest absolute Gasteiger partial charge is 0.407 e. The van der Waals surface area contributed by atoms with Crippen LogP contribution in [0.2, 0.25) is 0 Å². The number of methoxy groups -OCH3 is 1. The molecular weight excluding hydrogens is 244 g/mol. The Labute approximate surface area is 115 Å². The van der Waals surface area contributed by atoms with Gasteiger partial charge < -0.3 is 15.0 Å².